The third-order valence-electron chi connectivity index (χ3n) is 1.18. The molecule has 1 aromatic rings. The molecule has 0 unspecified atom stereocenters. The molecule has 0 aliphatic carbocycles. The fourth-order valence-corrected chi connectivity index (χ4v) is 0.776. The maximum absolute atomic E-state index is 10.4. The van der Waals surface area contributed by atoms with Gasteiger partial charge in [-0.25, -0.2) is 4.79 Å². The first kappa shape index (κ1) is 8.16. The topological polar surface area (TPSA) is 99.2 Å². The van der Waals surface area contributed by atoms with E-state index in [0.29, 0.717) is 5.76 Å². The van der Waals surface area contributed by atoms with Crippen molar-refractivity contribution in [2.24, 2.45) is 5.11 Å². The molecule has 0 bridgehead atoms. The van der Waals surface area contributed by atoms with Gasteiger partial charge in [0.15, 0.2) is 0 Å². The lowest BCUT2D eigenvalue weighted by Gasteiger charge is -1.86. The van der Waals surface area contributed by atoms with Crippen LogP contribution in [0.3, 0.4) is 0 Å². The summed E-state index contributed by atoms with van der Waals surface area (Å²) >= 11 is 0. The van der Waals surface area contributed by atoms with Crippen LogP contribution in [-0.4, -0.2) is 11.1 Å². The van der Waals surface area contributed by atoms with Gasteiger partial charge < -0.3 is 9.52 Å². The van der Waals surface area contributed by atoms with Gasteiger partial charge in [0.25, 0.3) is 0 Å². The number of aromatic carboxylic acids is 1. The number of carboxylic acid groups (broad SMARTS) is 1. The summed E-state index contributed by atoms with van der Waals surface area (Å²) in [5.74, 6) is -1.18. The Morgan fingerprint density at radius 1 is 1.83 bits per heavy atom. The zero-order valence-corrected chi connectivity index (χ0v) is 6.18. The van der Waals surface area contributed by atoms with Crippen LogP contribution < -0.4 is 0 Å². The molecule has 0 saturated carbocycles. The maximum Gasteiger partial charge on any atom is 0.372 e. The third kappa shape index (κ3) is 1.38. The Kier molecular flexibility index (Phi) is 2.02. The second-order valence-corrected chi connectivity index (χ2v) is 2.07. The molecule has 1 rings (SSSR count). The van der Waals surface area contributed by atoms with E-state index in [-0.39, 0.29) is 11.4 Å². The van der Waals surface area contributed by atoms with E-state index < -0.39 is 5.97 Å². The van der Waals surface area contributed by atoms with E-state index in [2.05, 4.69) is 10.0 Å². The first-order valence-electron chi connectivity index (χ1n) is 3.04. The lowest BCUT2D eigenvalue weighted by atomic mass is 10.4. The molecule has 0 atom stereocenters. The van der Waals surface area contributed by atoms with Crippen molar-refractivity contribution in [3.63, 3.8) is 0 Å². The average molecular weight is 167 g/mol. The van der Waals surface area contributed by atoms with E-state index in [9.17, 15) is 4.79 Å². The zero-order chi connectivity index (χ0) is 9.14. The van der Waals surface area contributed by atoms with Gasteiger partial charge in [0.1, 0.15) is 5.76 Å². The number of aryl methyl sites for hydroxylation is 1. The predicted molar refractivity (Wildman–Crippen MR) is 39.2 cm³/mol. The van der Waals surface area contributed by atoms with Crippen LogP contribution in [0.5, 0.6) is 0 Å². The molecule has 6 nitrogen and oxygen atoms in total. The molecule has 1 aromatic heterocycles. The van der Waals surface area contributed by atoms with Crippen LogP contribution in [0, 0.1) is 6.92 Å². The molecule has 62 valence electrons. The second-order valence-electron chi connectivity index (χ2n) is 2.07. The first-order chi connectivity index (χ1) is 5.65. The molecule has 1 N–H and O–H groups in total. The highest BCUT2D eigenvalue weighted by Crippen LogP contribution is 2.23. The van der Waals surface area contributed by atoms with E-state index in [1.165, 1.54) is 6.07 Å². The van der Waals surface area contributed by atoms with E-state index in [1.54, 1.807) is 6.92 Å². The van der Waals surface area contributed by atoms with Crippen molar-refractivity contribution in [3.05, 3.63) is 28.0 Å². The number of carbonyl (C=O) groups is 1. The van der Waals surface area contributed by atoms with Crippen molar-refractivity contribution in [1.82, 2.24) is 0 Å². The molecule has 0 radical (unpaired) electrons. The number of rotatable bonds is 2. The Labute approximate surface area is 67.0 Å². The summed E-state index contributed by atoms with van der Waals surface area (Å²) in [4.78, 5) is 12.9. The van der Waals surface area contributed by atoms with Gasteiger partial charge in [-0.3, -0.25) is 0 Å². The van der Waals surface area contributed by atoms with Gasteiger partial charge in [0, 0.05) is 4.91 Å². The van der Waals surface area contributed by atoms with Gasteiger partial charge in [0.2, 0.25) is 5.76 Å². The first-order valence-corrected chi connectivity index (χ1v) is 3.04. The van der Waals surface area contributed by atoms with Crippen LogP contribution in [0.1, 0.15) is 16.3 Å². The van der Waals surface area contributed by atoms with E-state index in [4.69, 9.17) is 15.1 Å². The molecule has 0 spiro atoms. The Morgan fingerprint density at radius 2 is 2.50 bits per heavy atom. The van der Waals surface area contributed by atoms with Crippen LogP contribution in [0.25, 0.3) is 10.4 Å². The van der Waals surface area contributed by atoms with E-state index >= 15 is 0 Å². The molecular formula is C6H5N3O3. The quantitative estimate of drug-likeness (QED) is 0.415. The van der Waals surface area contributed by atoms with Gasteiger partial charge in [-0.05, 0) is 18.5 Å². The highest BCUT2D eigenvalue weighted by molar-refractivity contribution is 5.90. The number of hydrogen-bond donors (Lipinski definition) is 1. The smallest absolute Gasteiger partial charge is 0.372 e. The molecule has 0 aromatic carbocycles. The van der Waals surface area contributed by atoms with Crippen LogP contribution in [0.15, 0.2) is 15.6 Å². The summed E-state index contributed by atoms with van der Waals surface area (Å²) in [7, 11) is 0. The summed E-state index contributed by atoms with van der Waals surface area (Å²) in [5.41, 5.74) is 8.06. The lowest BCUT2D eigenvalue weighted by molar-refractivity contribution is 0.0662. The SMILES string of the molecule is Cc1cc(N=[N+]=[N-])c(C(=O)O)o1. The number of furan rings is 1. The van der Waals surface area contributed by atoms with Crippen molar-refractivity contribution < 1.29 is 14.3 Å². The summed E-state index contributed by atoms with van der Waals surface area (Å²) in [6, 6.07) is 1.36. The van der Waals surface area contributed by atoms with Crippen LogP contribution >= 0.6 is 0 Å². The Hall–Kier alpha value is -1.94. The minimum atomic E-state index is -1.24. The number of carboxylic acids is 1. The molecule has 12 heavy (non-hydrogen) atoms. The highest BCUT2D eigenvalue weighted by Gasteiger charge is 2.14. The summed E-state index contributed by atoms with van der Waals surface area (Å²) in [6.45, 7) is 1.57. The number of hydrogen-bond acceptors (Lipinski definition) is 3. The molecule has 6 heteroatoms. The van der Waals surface area contributed by atoms with E-state index in [1.807, 2.05) is 0 Å². The summed E-state index contributed by atoms with van der Waals surface area (Å²) in [5, 5.41) is 11.7. The zero-order valence-electron chi connectivity index (χ0n) is 6.18. The van der Waals surface area contributed by atoms with Crippen LogP contribution in [0.4, 0.5) is 5.69 Å². The third-order valence-corrected chi connectivity index (χ3v) is 1.18. The normalized spacial score (nSPS) is 9.08. The van der Waals surface area contributed by atoms with Crippen LogP contribution in [-0.2, 0) is 0 Å². The van der Waals surface area contributed by atoms with Crippen molar-refractivity contribution in [1.29, 1.82) is 0 Å². The van der Waals surface area contributed by atoms with Crippen molar-refractivity contribution in [3.8, 4) is 0 Å². The maximum atomic E-state index is 10.4. The highest BCUT2D eigenvalue weighted by atomic mass is 16.4. The predicted octanol–water partition coefficient (Wildman–Crippen LogP) is 2.23. The Balaban J connectivity index is 3.25. The number of nitrogens with zero attached hydrogens (tertiary/aromatic N) is 3. The van der Waals surface area contributed by atoms with Crippen molar-refractivity contribution in [2.45, 2.75) is 6.92 Å². The Morgan fingerprint density at radius 3 is 3.00 bits per heavy atom. The minimum absolute atomic E-state index is 0.00231. The Bertz CT molecular complexity index is 343. The average Bonchev–Trinajstić information content (AvgIpc) is 2.32. The standard InChI is InChI=1S/C6H5N3O3/c1-3-2-4(8-9-7)5(12-3)6(10)11/h2H,1H3,(H,10,11). The molecule has 1 heterocycles. The fraction of sp³-hybridized carbons (Fsp3) is 0.167. The molecule has 0 aliphatic rings. The number of azide groups is 1. The van der Waals surface area contributed by atoms with Gasteiger partial charge in [0.05, 0.1) is 5.69 Å². The largest absolute Gasteiger partial charge is 0.475 e. The summed E-state index contributed by atoms with van der Waals surface area (Å²) < 4.78 is 4.76. The molecule has 0 fully saturated rings. The van der Waals surface area contributed by atoms with Crippen molar-refractivity contribution >= 4 is 11.7 Å². The monoisotopic (exact) mass is 167 g/mol. The van der Waals surface area contributed by atoms with Gasteiger partial charge in [-0.15, -0.1) is 0 Å². The summed E-state index contributed by atoms with van der Waals surface area (Å²) in [6.07, 6.45) is 0. The molecule has 0 aliphatic heterocycles. The van der Waals surface area contributed by atoms with Gasteiger partial charge >= 0.3 is 5.97 Å². The molecule has 0 saturated heterocycles. The van der Waals surface area contributed by atoms with E-state index in [0.717, 1.165) is 0 Å². The minimum Gasteiger partial charge on any atom is -0.475 e. The molecular weight excluding hydrogens is 162 g/mol. The van der Waals surface area contributed by atoms with Gasteiger partial charge in [-0.2, -0.15) is 0 Å². The van der Waals surface area contributed by atoms with Crippen LogP contribution in [0.2, 0.25) is 0 Å². The van der Waals surface area contributed by atoms with Crippen molar-refractivity contribution in [2.75, 3.05) is 0 Å². The molecule has 0 amide bonds. The van der Waals surface area contributed by atoms with Gasteiger partial charge in [-0.1, -0.05) is 5.11 Å². The fourth-order valence-electron chi connectivity index (χ4n) is 0.776. The lowest BCUT2D eigenvalue weighted by Crippen LogP contribution is -1.92. The second kappa shape index (κ2) is 2.98.